The Bertz CT molecular complexity index is 617. The van der Waals surface area contributed by atoms with Crippen LogP contribution in [0.3, 0.4) is 0 Å². The Morgan fingerprint density at radius 1 is 1.21 bits per heavy atom. The van der Waals surface area contributed by atoms with Gasteiger partial charge in [0.05, 0.1) is 26.2 Å². The molecule has 0 aliphatic rings. The van der Waals surface area contributed by atoms with Crippen LogP contribution in [-0.4, -0.2) is 30.1 Å². The SMILES string of the molecule is COc1cc(C)c(-c2c(C=O)ncn2C)cc1OC. The zero-order valence-electron chi connectivity index (χ0n) is 11.4. The molecule has 5 nitrogen and oxygen atoms in total. The van der Waals surface area contributed by atoms with Gasteiger partial charge >= 0.3 is 0 Å². The van der Waals surface area contributed by atoms with Gasteiger partial charge in [-0.1, -0.05) is 0 Å². The number of methoxy groups -OCH3 is 2. The first-order chi connectivity index (χ1) is 9.12. The molecule has 0 unspecified atom stereocenters. The summed E-state index contributed by atoms with van der Waals surface area (Å²) in [5.41, 5.74) is 3.08. The molecule has 0 amide bonds. The number of aryl methyl sites for hydroxylation is 2. The maximum Gasteiger partial charge on any atom is 0.170 e. The average Bonchev–Trinajstić information content (AvgIpc) is 2.79. The van der Waals surface area contributed by atoms with Crippen molar-refractivity contribution in [3.63, 3.8) is 0 Å². The molecule has 0 radical (unpaired) electrons. The second-order valence-electron chi connectivity index (χ2n) is 4.23. The van der Waals surface area contributed by atoms with Crippen LogP contribution in [0, 0.1) is 6.92 Å². The number of ether oxygens (including phenoxy) is 2. The van der Waals surface area contributed by atoms with E-state index in [1.807, 2.05) is 30.7 Å². The zero-order chi connectivity index (χ0) is 14.0. The summed E-state index contributed by atoms with van der Waals surface area (Å²) in [6, 6.07) is 3.74. The summed E-state index contributed by atoms with van der Waals surface area (Å²) in [4.78, 5) is 15.1. The molecule has 100 valence electrons. The minimum atomic E-state index is 0.415. The molecule has 0 N–H and O–H groups in total. The smallest absolute Gasteiger partial charge is 0.170 e. The number of nitrogens with zero attached hydrogens (tertiary/aromatic N) is 2. The van der Waals surface area contributed by atoms with Crippen LogP contribution in [0.15, 0.2) is 18.5 Å². The molecule has 0 aliphatic carbocycles. The van der Waals surface area contributed by atoms with Gasteiger partial charge in [0, 0.05) is 12.6 Å². The molecule has 0 bridgehead atoms. The summed E-state index contributed by atoms with van der Waals surface area (Å²) in [5, 5.41) is 0. The largest absolute Gasteiger partial charge is 0.493 e. The number of carbonyl (C=O) groups is 1. The third-order valence-electron chi connectivity index (χ3n) is 3.06. The molecule has 1 heterocycles. The third-order valence-corrected chi connectivity index (χ3v) is 3.06. The second-order valence-corrected chi connectivity index (χ2v) is 4.23. The van der Waals surface area contributed by atoms with E-state index in [0.29, 0.717) is 17.2 Å². The van der Waals surface area contributed by atoms with Crippen LogP contribution < -0.4 is 9.47 Å². The van der Waals surface area contributed by atoms with Gasteiger partial charge in [0.2, 0.25) is 0 Å². The van der Waals surface area contributed by atoms with Crippen molar-refractivity contribution in [2.75, 3.05) is 14.2 Å². The summed E-state index contributed by atoms with van der Waals surface area (Å²) < 4.78 is 12.4. The number of hydrogen-bond acceptors (Lipinski definition) is 4. The fourth-order valence-corrected chi connectivity index (χ4v) is 2.10. The molecular weight excluding hydrogens is 244 g/mol. The molecule has 0 saturated carbocycles. The lowest BCUT2D eigenvalue weighted by Gasteiger charge is -2.13. The quantitative estimate of drug-likeness (QED) is 0.791. The molecule has 19 heavy (non-hydrogen) atoms. The molecule has 0 aliphatic heterocycles. The van der Waals surface area contributed by atoms with Crippen molar-refractivity contribution in [1.82, 2.24) is 9.55 Å². The molecule has 0 fully saturated rings. The van der Waals surface area contributed by atoms with E-state index in [-0.39, 0.29) is 0 Å². The minimum Gasteiger partial charge on any atom is -0.493 e. The van der Waals surface area contributed by atoms with Gasteiger partial charge in [-0.15, -0.1) is 0 Å². The van der Waals surface area contributed by atoms with Crippen molar-refractivity contribution in [3.8, 4) is 22.8 Å². The van der Waals surface area contributed by atoms with Crippen LogP contribution in [-0.2, 0) is 7.05 Å². The Morgan fingerprint density at radius 2 is 1.84 bits per heavy atom. The number of aldehydes is 1. The molecule has 2 aromatic rings. The third kappa shape index (κ3) is 2.19. The van der Waals surface area contributed by atoms with Gasteiger partial charge in [-0.2, -0.15) is 0 Å². The van der Waals surface area contributed by atoms with Crippen LogP contribution in [0.2, 0.25) is 0 Å². The van der Waals surface area contributed by atoms with Gasteiger partial charge in [-0.05, 0) is 24.6 Å². The van der Waals surface area contributed by atoms with Gasteiger partial charge in [0.25, 0.3) is 0 Å². The van der Waals surface area contributed by atoms with Crippen molar-refractivity contribution in [1.29, 1.82) is 0 Å². The van der Waals surface area contributed by atoms with E-state index in [4.69, 9.17) is 9.47 Å². The lowest BCUT2D eigenvalue weighted by atomic mass is 10.0. The number of imidazole rings is 1. The van der Waals surface area contributed by atoms with Gasteiger partial charge in [0.15, 0.2) is 17.8 Å². The molecule has 2 rings (SSSR count). The fourth-order valence-electron chi connectivity index (χ4n) is 2.10. The standard InChI is InChI=1S/C14H16N2O3/c1-9-5-12(18-3)13(19-4)6-10(9)14-11(7-17)15-8-16(14)2/h5-8H,1-4H3. The van der Waals surface area contributed by atoms with Crippen LogP contribution >= 0.6 is 0 Å². The Labute approximate surface area is 111 Å². The number of benzene rings is 1. The van der Waals surface area contributed by atoms with E-state index in [2.05, 4.69) is 4.98 Å². The summed E-state index contributed by atoms with van der Waals surface area (Å²) in [6.07, 6.45) is 2.38. The Morgan fingerprint density at radius 3 is 2.42 bits per heavy atom. The maximum atomic E-state index is 11.1. The van der Waals surface area contributed by atoms with Crippen LogP contribution in [0.1, 0.15) is 16.1 Å². The molecular formula is C14H16N2O3. The highest BCUT2D eigenvalue weighted by atomic mass is 16.5. The number of aromatic nitrogens is 2. The van der Waals surface area contributed by atoms with Crippen molar-refractivity contribution < 1.29 is 14.3 Å². The minimum absolute atomic E-state index is 0.415. The van der Waals surface area contributed by atoms with E-state index < -0.39 is 0 Å². The monoisotopic (exact) mass is 260 g/mol. The lowest BCUT2D eigenvalue weighted by Crippen LogP contribution is -1.98. The van der Waals surface area contributed by atoms with Crippen molar-refractivity contribution >= 4 is 6.29 Å². The first-order valence-electron chi connectivity index (χ1n) is 5.81. The molecule has 0 atom stereocenters. The van der Waals surface area contributed by atoms with E-state index >= 15 is 0 Å². The topological polar surface area (TPSA) is 53.3 Å². The van der Waals surface area contributed by atoms with Crippen LogP contribution in [0.25, 0.3) is 11.3 Å². The van der Waals surface area contributed by atoms with Crippen molar-refractivity contribution in [3.05, 3.63) is 29.7 Å². The Balaban J connectivity index is 2.68. The predicted octanol–water partition coefficient (Wildman–Crippen LogP) is 2.23. The Hall–Kier alpha value is -2.30. The number of hydrogen-bond donors (Lipinski definition) is 0. The van der Waals surface area contributed by atoms with Gasteiger partial charge in [-0.3, -0.25) is 4.79 Å². The van der Waals surface area contributed by atoms with E-state index in [1.165, 1.54) is 0 Å². The first kappa shape index (κ1) is 13.1. The normalized spacial score (nSPS) is 10.3. The van der Waals surface area contributed by atoms with Gasteiger partial charge in [0.1, 0.15) is 5.69 Å². The van der Waals surface area contributed by atoms with Crippen molar-refractivity contribution in [2.24, 2.45) is 7.05 Å². The fraction of sp³-hybridized carbons (Fsp3) is 0.286. The van der Waals surface area contributed by atoms with Gasteiger partial charge < -0.3 is 14.0 Å². The molecule has 1 aromatic carbocycles. The highest BCUT2D eigenvalue weighted by Gasteiger charge is 2.16. The molecule has 0 saturated heterocycles. The number of carbonyl (C=O) groups excluding carboxylic acids is 1. The van der Waals surface area contributed by atoms with Crippen molar-refractivity contribution in [2.45, 2.75) is 6.92 Å². The lowest BCUT2D eigenvalue weighted by molar-refractivity contribution is 0.112. The zero-order valence-corrected chi connectivity index (χ0v) is 11.4. The molecule has 5 heteroatoms. The van der Waals surface area contributed by atoms with Crippen LogP contribution in [0.5, 0.6) is 11.5 Å². The van der Waals surface area contributed by atoms with Gasteiger partial charge in [-0.25, -0.2) is 4.98 Å². The highest BCUT2D eigenvalue weighted by Crippen LogP contribution is 2.35. The summed E-state index contributed by atoms with van der Waals surface area (Å²) in [7, 11) is 5.03. The predicted molar refractivity (Wildman–Crippen MR) is 71.9 cm³/mol. The van der Waals surface area contributed by atoms with Crippen LogP contribution in [0.4, 0.5) is 0 Å². The summed E-state index contributed by atoms with van der Waals surface area (Å²) in [5.74, 6) is 1.29. The molecule has 0 spiro atoms. The first-order valence-corrected chi connectivity index (χ1v) is 5.81. The second kappa shape index (κ2) is 5.14. The highest BCUT2D eigenvalue weighted by molar-refractivity contribution is 5.85. The van der Waals surface area contributed by atoms with E-state index in [0.717, 1.165) is 23.1 Å². The molecule has 1 aromatic heterocycles. The Kier molecular flexibility index (Phi) is 3.55. The maximum absolute atomic E-state index is 11.1. The summed E-state index contributed by atoms with van der Waals surface area (Å²) >= 11 is 0. The summed E-state index contributed by atoms with van der Waals surface area (Å²) in [6.45, 7) is 1.96. The van der Waals surface area contributed by atoms with E-state index in [9.17, 15) is 4.79 Å². The number of rotatable bonds is 4. The average molecular weight is 260 g/mol. The van der Waals surface area contributed by atoms with E-state index in [1.54, 1.807) is 20.5 Å².